The van der Waals surface area contributed by atoms with Crippen molar-refractivity contribution < 1.29 is 19.3 Å². The summed E-state index contributed by atoms with van der Waals surface area (Å²) in [6.45, 7) is 1.74. The van der Waals surface area contributed by atoms with Crippen molar-refractivity contribution in [1.82, 2.24) is 30.2 Å². The molecule has 1 saturated heterocycles. The zero-order valence-electron chi connectivity index (χ0n) is 24.5. The Labute approximate surface area is 261 Å². The number of aromatic nitrogens is 4. The molecular formula is C31H34Cl2N6O4. The van der Waals surface area contributed by atoms with Crippen molar-refractivity contribution in [3.63, 3.8) is 0 Å². The number of nitrogens with zero attached hydrogens (tertiary/aromatic N) is 5. The first kappa shape index (κ1) is 31.1. The van der Waals surface area contributed by atoms with E-state index in [0.29, 0.717) is 75.3 Å². The highest BCUT2D eigenvalue weighted by molar-refractivity contribution is 6.39. The molecule has 2 aromatic heterocycles. The van der Waals surface area contributed by atoms with Gasteiger partial charge in [0.2, 0.25) is 11.8 Å². The number of halogens is 2. The van der Waals surface area contributed by atoms with Crippen LogP contribution in [0.15, 0.2) is 48.8 Å². The topological polar surface area (TPSA) is 115 Å². The number of methoxy groups -OCH3 is 3. The van der Waals surface area contributed by atoms with Crippen LogP contribution in [0.3, 0.4) is 0 Å². The number of benzene rings is 2. The Morgan fingerprint density at radius 2 is 1.40 bits per heavy atom. The smallest absolute Gasteiger partial charge is 0.237 e. The Bertz CT molecular complexity index is 1590. The minimum absolute atomic E-state index is 0.0128. The zero-order chi connectivity index (χ0) is 30.5. The van der Waals surface area contributed by atoms with Crippen LogP contribution in [0.5, 0.6) is 11.8 Å². The van der Waals surface area contributed by atoms with Gasteiger partial charge >= 0.3 is 0 Å². The van der Waals surface area contributed by atoms with Crippen molar-refractivity contribution >= 4 is 23.2 Å². The lowest BCUT2D eigenvalue weighted by atomic mass is 9.98. The van der Waals surface area contributed by atoms with Crippen LogP contribution in [-0.2, 0) is 17.8 Å². The molecule has 2 aromatic carbocycles. The van der Waals surface area contributed by atoms with Gasteiger partial charge in [-0.05, 0) is 13.5 Å². The number of ether oxygens (including phenoxy) is 3. The molecular weight excluding hydrogens is 591 g/mol. The maximum Gasteiger partial charge on any atom is 0.237 e. The van der Waals surface area contributed by atoms with Crippen LogP contribution in [0.2, 0.25) is 10.0 Å². The maximum absolute atomic E-state index is 9.85. The van der Waals surface area contributed by atoms with E-state index in [-0.39, 0.29) is 18.8 Å². The number of rotatable bonds is 11. The molecule has 2 N–H and O–H groups in total. The quantitative estimate of drug-likeness (QED) is 0.239. The van der Waals surface area contributed by atoms with Gasteiger partial charge in [0, 0.05) is 55.0 Å². The fourth-order valence-corrected chi connectivity index (χ4v) is 5.99. The molecule has 2 atom stereocenters. The Morgan fingerprint density at radius 1 is 0.860 bits per heavy atom. The first-order valence-electron chi connectivity index (χ1n) is 13.8. The van der Waals surface area contributed by atoms with Crippen molar-refractivity contribution in [1.29, 1.82) is 0 Å². The van der Waals surface area contributed by atoms with E-state index in [1.54, 1.807) is 33.7 Å². The van der Waals surface area contributed by atoms with Gasteiger partial charge < -0.3 is 24.6 Å². The van der Waals surface area contributed by atoms with E-state index in [9.17, 15) is 5.11 Å². The fraction of sp³-hybridized carbons (Fsp3) is 0.355. The molecule has 1 fully saturated rings. The molecule has 1 aliphatic rings. The monoisotopic (exact) mass is 624 g/mol. The number of hydrogen-bond acceptors (Lipinski definition) is 10. The molecule has 5 rings (SSSR count). The van der Waals surface area contributed by atoms with E-state index in [4.69, 9.17) is 47.4 Å². The Balaban J connectivity index is 1.47. The lowest BCUT2D eigenvalue weighted by molar-refractivity contribution is 0.106. The van der Waals surface area contributed by atoms with Gasteiger partial charge in [-0.25, -0.2) is 9.97 Å². The summed E-state index contributed by atoms with van der Waals surface area (Å²) in [6.07, 6.45) is 4.19. The maximum atomic E-state index is 9.85. The van der Waals surface area contributed by atoms with Crippen LogP contribution in [-0.4, -0.2) is 83.6 Å². The molecule has 0 amide bonds. The molecule has 0 bridgehead atoms. The standard InChI is InChI=1S/C31H34Cl2N6O4/c1-34-12-26-30(42-3)37-24(13-35-26)22-9-5-7-20(28(22)32)21-8-6-10-23(29(21)33)25-14-36-27(31(38-25)43-4)16-39-15-19(41-2)11-18(39)17-40/h5-10,13-14,18-19,34,40H,11-12,15-17H2,1-4H3/t18-,19-/m0/s1. The SMILES string of the molecule is CNCc1ncc(-c2cccc(-c3cccc(-c4cnc(CN5C[C@@H](OC)C[C@H]5CO)c(OC)n4)c3Cl)c2Cl)nc1OC. The van der Waals surface area contributed by atoms with E-state index < -0.39 is 0 Å². The van der Waals surface area contributed by atoms with E-state index in [1.165, 1.54) is 0 Å². The van der Waals surface area contributed by atoms with Crippen LogP contribution in [0.4, 0.5) is 0 Å². The molecule has 10 nitrogen and oxygen atoms in total. The second-order valence-electron chi connectivity index (χ2n) is 10.1. The summed E-state index contributed by atoms with van der Waals surface area (Å²) in [7, 11) is 6.65. The van der Waals surface area contributed by atoms with E-state index >= 15 is 0 Å². The first-order valence-corrected chi connectivity index (χ1v) is 14.6. The van der Waals surface area contributed by atoms with Crippen molar-refractivity contribution in [2.45, 2.75) is 31.7 Å². The Kier molecular flexibility index (Phi) is 10.1. The van der Waals surface area contributed by atoms with Crippen molar-refractivity contribution in [3.05, 3.63) is 70.2 Å². The van der Waals surface area contributed by atoms with Crippen molar-refractivity contribution in [2.75, 3.05) is 41.5 Å². The number of hydrogen-bond donors (Lipinski definition) is 2. The molecule has 226 valence electrons. The van der Waals surface area contributed by atoms with Crippen molar-refractivity contribution in [2.24, 2.45) is 0 Å². The lowest BCUT2D eigenvalue weighted by Gasteiger charge is -2.22. The summed E-state index contributed by atoms with van der Waals surface area (Å²) in [5.74, 6) is 0.824. The van der Waals surface area contributed by atoms with Crippen LogP contribution in [0, 0.1) is 0 Å². The average Bonchev–Trinajstić information content (AvgIpc) is 3.44. The number of nitrogens with one attached hydrogen (secondary N) is 1. The van der Waals surface area contributed by atoms with Crippen LogP contribution < -0.4 is 14.8 Å². The summed E-state index contributed by atoms with van der Waals surface area (Å²) in [4.78, 5) is 20.8. The van der Waals surface area contributed by atoms with Gasteiger partial charge in [-0.1, -0.05) is 59.6 Å². The third-order valence-electron chi connectivity index (χ3n) is 7.58. The molecule has 12 heteroatoms. The summed E-state index contributed by atoms with van der Waals surface area (Å²) in [6, 6.07) is 11.4. The van der Waals surface area contributed by atoms with E-state index in [2.05, 4.69) is 20.2 Å². The minimum atomic E-state index is -0.0128. The molecule has 1 aliphatic heterocycles. The van der Waals surface area contributed by atoms with Gasteiger partial charge in [-0.2, -0.15) is 0 Å². The Hall–Kier alpha value is -3.38. The third-order valence-corrected chi connectivity index (χ3v) is 8.39. The minimum Gasteiger partial charge on any atom is -0.480 e. The van der Waals surface area contributed by atoms with Gasteiger partial charge in [0.25, 0.3) is 0 Å². The third kappa shape index (κ3) is 6.45. The molecule has 43 heavy (non-hydrogen) atoms. The molecule has 0 saturated carbocycles. The largest absolute Gasteiger partial charge is 0.480 e. The normalized spacial score (nSPS) is 16.9. The van der Waals surface area contributed by atoms with Crippen LogP contribution >= 0.6 is 23.2 Å². The molecule has 0 spiro atoms. The molecule has 0 radical (unpaired) electrons. The predicted molar refractivity (Wildman–Crippen MR) is 167 cm³/mol. The molecule has 4 aromatic rings. The van der Waals surface area contributed by atoms with Crippen LogP contribution in [0.25, 0.3) is 33.6 Å². The number of aliphatic hydroxyl groups excluding tert-OH is 1. The first-order chi connectivity index (χ1) is 20.9. The highest BCUT2D eigenvalue weighted by Gasteiger charge is 2.32. The molecule has 0 unspecified atom stereocenters. The van der Waals surface area contributed by atoms with E-state index in [0.717, 1.165) is 17.5 Å². The molecule has 3 heterocycles. The Morgan fingerprint density at radius 3 is 1.91 bits per heavy atom. The van der Waals surface area contributed by atoms with Crippen LogP contribution in [0.1, 0.15) is 17.8 Å². The van der Waals surface area contributed by atoms with Gasteiger partial charge in [0.1, 0.15) is 11.4 Å². The summed E-state index contributed by atoms with van der Waals surface area (Å²) in [5.41, 5.74) is 5.37. The zero-order valence-corrected chi connectivity index (χ0v) is 26.0. The predicted octanol–water partition coefficient (Wildman–Crippen LogP) is 4.89. The van der Waals surface area contributed by atoms with E-state index in [1.807, 2.05) is 43.4 Å². The number of aliphatic hydroxyl groups is 1. The number of likely N-dealkylation sites (tertiary alicyclic amines) is 1. The summed E-state index contributed by atoms with van der Waals surface area (Å²) >= 11 is 14.0. The summed E-state index contributed by atoms with van der Waals surface area (Å²) < 4.78 is 16.6. The van der Waals surface area contributed by atoms with Gasteiger partial charge in [-0.15, -0.1) is 0 Å². The van der Waals surface area contributed by atoms with Gasteiger partial charge in [-0.3, -0.25) is 14.9 Å². The lowest BCUT2D eigenvalue weighted by Crippen LogP contribution is -2.32. The highest BCUT2D eigenvalue weighted by atomic mass is 35.5. The second kappa shape index (κ2) is 13.9. The fourth-order valence-electron chi connectivity index (χ4n) is 5.34. The van der Waals surface area contributed by atoms with Crippen molar-refractivity contribution in [3.8, 4) is 45.4 Å². The summed E-state index contributed by atoms with van der Waals surface area (Å²) in [5, 5.41) is 13.9. The average molecular weight is 626 g/mol. The van der Waals surface area contributed by atoms with Gasteiger partial charge in [0.05, 0.1) is 60.8 Å². The highest BCUT2D eigenvalue weighted by Crippen LogP contribution is 2.42. The second-order valence-corrected chi connectivity index (χ2v) is 10.9. The molecule has 0 aliphatic carbocycles. The van der Waals surface area contributed by atoms with Gasteiger partial charge in [0.15, 0.2) is 0 Å².